The molecule has 1 saturated heterocycles. The molecule has 2 N–H and O–H groups in total. The lowest BCUT2D eigenvalue weighted by molar-refractivity contribution is 0.0590. The zero-order valence-corrected chi connectivity index (χ0v) is 14.7. The normalized spacial score (nSPS) is 19.5. The van der Waals surface area contributed by atoms with Gasteiger partial charge in [0.05, 0.1) is 12.6 Å². The molecule has 1 atom stereocenters. The van der Waals surface area contributed by atoms with E-state index in [4.69, 9.17) is 5.73 Å². The van der Waals surface area contributed by atoms with Crippen molar-refractivity contribution < 1.29 is 17.9 Å². The van der Waals surface area contributed by atoms with Gasteiger partial charge in [0.2, 0.25) is 0 Å². The summed E-state index contributed by atoms with van der Waals surface area (Å²) >= 11 is 0.942. The van der Waals surface area contributed by atoms with E-state index in [1.165, 1.54) is 16.9 Å². The van der Waals surface area contributed by atoms with Crippen LogP contribution in [0.25, 0.3) is 0 Å². The fourth-order valence-electron chi connectivity index (χ4n) is 2.48. The largest absolute Gasteiger partial charge is 0.464 e. The number of ether oxygens (including phenoxy) is 1. The van der Waals surface area contributed by atoms with Crippen molar-refractivity contribution in [3.8, 4) is 0 Å². The van der Waals surface area contributed by atoms with Gasteiger partial charge in [0, 0.05) is 13.1 Å². The molecule has 0 spiro atoms. The summed E-state index contributed by atoms with van der Waals surface area (Å²) in [6, 6.07) is 0. The highest BCUT2D eigenvalue weighted by atomic mass is 35.5. The highest BCUT2D eigenvalue weighted by Crippen LogP contribution is 2.29. The van der Waals surface area contributed by atoms with E-state index in [-0.39, 0.29) is 28.2 Å². The van der Waals surface area contributed by atoms with Gasteiger partial charge in [-0.05, 0) is 31.7 Å². The molecule has 1 aliphatic rings. The summed E-state index contributed by atoms with van der Waals surface area (Å²) < 4.78 is 31.4. The van der Waals surface area contributed by atoms with Gasteiger partial charge in [-0.25, -0.2) is 18.2 Å². The topological polar surface area (TPSA) is 103 Å². The minimum absolute atomic E-state index is 0. The lowest BCUT2D eigenvalue weighted by Crippen LogP contribution is -2.40. The molecule has 1 aromatic heterocycles. The molecule has 2 rings (SSSR count). The van der Waals surface area contributed by atoms with Crippen LogP contribution in [0.5, 0.6) is 0 Å². The number of sulfonamides is 1. The summed E-state index contributed by atoms with van der Waals surface area (Å²) in [5.74, 6) is -0.460. The Morgan fingerprint density at radius 2 is 2.32 bits per heavy atom. The van der Waals surface area contributed by atoms with E-state index < -0.39 is 16.0 Å². The minimum Gasteiger partial charge on any atom is -0.464 e. The van der Waals surface area contributed by atoms with E-state index in [1.807, 2.05) is 0 Å². The first-order chi connectivity index (χ1) is 10.0. The Morgan fingerprint density at radius 1 is 1.59 bits per heavy atom. The molecule has 10 heteroatoms. The van der Waals surface area contributed by atoms with Crippen molar-refractivity contribution >= 4 is 39.7 Å². The molecule has 0 aliphatic carbocycles. The Morgan fingerprint density at radius 3 is 2.95 bits per heavy atom. The van der Waals surface area contributed by atoms with Crippen molar-refractivity contribution in [1.29, 1.82) is 0 Å². The molecule has 2 heterocycles. The van der Waals surface area contributed by atoms with Gasteiger partial charge in [-0.3, -0.25) is 0 Å². The molecule has 0 amide bonds. The van der Waals surface area contributed by atoms with Crippen molar-refractivity contribution in [3.63, 3.8) is 0 Å². The van der Waals surface area contributed by atoms with Gasteiger partial charge in [0.15, 0.2) is 9.90 Å². The lowest BCUT2D eigenvalue weighted by atomic mass is 9.96. The molecule has 0 bridgehead atoms. The third kappa shape index (κ3) is 3.96. The molecule has 1 aromatic rings. The van der Waals surface area contributed by atoms with Gasteiger partial charge in [0.1, 0.15) is 0 Å². The van der Waals surface area contributed by atoms with E-state index in [0.29, 0.717) is 19.6 Å². The quantitative estimate of drug-likeness (QED) is 0.779. The fraction of sp³-hybridized carbons (Fsp3) is 0.667. The van der Waals surface area contributed by atoms with Gasteiger partial charge >= 0.3 is 5.97 Å². The molecular weight excluding hydrogens is 350 g/mol. The van der Waals surface area contributed by atoms with Crippen LogP contribution in [0.15, 0.2) is 9.72 Å². The predicted octanol–water partition coefficient (Wildman–Crippen LogP) is 1.10. The van der Waals surface area contributed by atoms with Gasteiger partial charge in [-0.1, -0.05) is 0 Å². The number of piperidine rings is 1. The molecule has 0 radical (unpaired) electrons. The fourth-order valence-corrected chi connectivity index (χ4v) is 5.31. The Balaban J connectivity index is 0.00000242. The molecule has 0 aromatic carbocycles. The maximum absolute atomic E-state index is 12.7. The van der Waals surface area contributed by atoms with Crippen molar-refractivity contribution in [1.82, 2.24) is 9.29 Å². The number of carbonyl (C=O) groups is 1. The van der Waals surface area contributed by atoms with Crippen LogP contribution >= 0.6 is 23.7 Å². The smallest absolute Gasteiger partial charge is 0.358 e. The number of thiazole rings is 1. The van der Waals surface area contributed by atoms with Crippen LogP contribution in [-0.2, 0) is 14.8 Å². The van der Waals surface area contributed by atoms with Gasteiger partial charge in [-0.15, -0.1) is 23.7 Å². The first kappa shape index (κ1) is 19.3. The number of carbonyl (C=O) groups excluding carboxylic acids is 1. The zero-order valence-electron chi connectivity index (χ0n) is 12.2. The van der Waals surface area contributed by atoms with Crippen LogP contribution in [0, 0.1) is 5.92 Å². The van der Waals surface area contributed by atoms with Crippen LogP contribution < -0.4 is 5.73 Å². The second-order valence-electron chi connectivity index (χ2n) is 4.93. The third-order valence-corrected chi connectivity index (χ3v) is 6.76. The molecule has 0 saturated carbocycles. The second kappa shape index (κ2) is 8.21. The Hall–Kier alpha value is -0.740. The molecule has 7 nitrogen and oxygen atoms in total. The number of hydrogen-bond donors (Lipinski definition) is 1. The average molecular weight is 370 g/mol. The number of halogens is 1. The SMILES string of the molecule is COC(=O)c1ncsc1S(=O)(=O)N1CCCC(CCN)C1.Cl. The van der Waals surface area contributed by atoms with Crippen molar-refractivity contribution in [2.75, 3.05) is 26.7 Å². The molecule has 126 valence electrons. The number of aromatic nitrogens is 1. The first-order valence-corrected chi connectivity index (χ1v) is 9.04. The summed E-state index contributed by atoms with van der Waals surface area (Å²) in [5, 5.41) is 0. The van der Waals surface area contributed by atoms with Gasteiger partial charge in [-0.2, -0.15) is 4.31 Å². The third-order valence-electron chi connectivity index (χ3n) is 3.54. The number of nitrogens with two attached hydrogens (primary N) is 1. The molecule has 22 heavy (non-hydrogen) atoms. The summed E-state index contributed by atoms with van der Waals surface area (Å²) in [6.07, 6.45) is 2.59. The van der Waals surface area contributed by atoms with E-state index in [9.17, 15) is 13.2 Å². The number of hydrogen-bond acceptors (Lipinski definition) is 7. The van der Waals surface area contributed by atoms with E-state index >= 15 is 0 Å². The minimum atomic E-state index is -3.71. The standard InChI is InChI=1S/C12H19N3O4S2.ClH/c1-19-11(16)10-12(20-8-14-10)21(17,18)15-6-2-3-9(7-15)4-5-13;/h8-9H,2-7,13H2,1H3;1H. The van der Waals surface area contributed by atoms with E-state index in [0.717, 1.165) is 30.6 Å². The summed E-state index contributed by atoms with van der Waals surface area (Å²) in [5.41, 5.74) is 6.77. The number of nitrogens with zero attached hydrogens (tertiary/aromatic N) is 2. The summed E-state index contributed by atoms with van der Waals surface area (Å²) in [7, 11) is -2.50. The van der Waals surface area contributed by atoms with Crippen LogP contribution in [0.4, 0.5) is 0 Å². The number of rotatable bonds is 5. The van der Waals surface area contributed by atoms with Crippen LogP contribution in [0.3, 0.4) is 0 Å². The lowest BCUT2D eigenvalue weighted by Gasteiger charge is -2.31. The highest BCUT2D eigenvalue weighted by molar-refractivity contribution is 7.91. The number of esters is 1. The summed E-state index contributed by atoms with van der Waals surface area (Å²) in [6.45, 7) is 1.45. The Labute approximate surface area is 140 Å². The van der Waals surface area contributed by atoms with Crippen molar-refractivity contribution in [2.24, 2.45) is 11.7 Å². The van der Waals surface area contributed by atoms with E-state index in [1.54, 1.807) is 0 Å². The number of methoxy groups -OCH3 is 1. The maximum Gasteiger partial charge on any atom is 0.358 e. The maximum atomic E-state index is 12.7. The molecular formula is C12H20ClN3O4S2. The van der Waals surface area contributed by atoms with Crippen LogP contribution in [-0.4, -0.2) is 50.4 Å². The molecule has 1 aliphatic heterocycles. The van der Waals surface area contributed by atoms with Crippen molar-refractivity contribution in [2.45, 2.75) is 23.5 Å². The monoisotopic (exact) mass is 369 g/mol. The highest BCUT2D eigenvalue weighted by Gasteiger charge is 2.34. The van der Waals surface area contributed by atoms with Gasteiger partial charge < -0.3 is 10.5 Å². The Kier molecular flexibility index (Phi) is 7.20. The van der Waals surface area contributed by atoms with Crippen LogP contribution in [0.2, 0.25) is 0 Å². The van der Waals surface area contributed by atoms with Crippen LogP contribution in [0.1, 0.15) is 29.8 Å². The van der Waals surface area contributed by atoms with Gasteiger partial charge in [0.25, 0.3) is 10.0 Å². The Bertz CT molecular complexity index is 603. The molecule has 1 unspecified atom stereocenters. The average Bonchev–Trinajstić information content (AvgIpc) is 2.97. The second-order valence-corrected chi connectivity index (χ2v) is 7.92. The first-order valence-electron chi connectivity index (χ1n) is 6.72. The van der Waals surface area contributed by atoms with Crippen molar-refractivity contribution in [3.05, 3.63) is 11.2 Å². The van der Waals surface area contributed by atoms with E-state index in [2.05, 4.69) is 9.72 Å². The predicted molar refractivity (Wildman–Crippen MR) is 85.9 cm³/mol. The zero-order chi connectivity index (χ0) is 15.5. The molecule has 1 fully saturated rings. The summed E-state index contributed by atoms with van der Waals surface area (Å²) in [4.78, 5) is 15.4.